The number of piperidine rings is 1. The Kier molecular flexibility index (Phi) is 24.4. The Labute approximate surface area is 572 Å². The molecule has 2 aromatic carbocycles. The lowest BCUT2D eigenvalue weighted by atomic mass is 9.47. The van der Waals surface area contributed by atoms with Crippen molar-refractivity contribution in [2.45, 2.75) is 214 Å². The highest BCUT2D eigenvalue weighted by atomic mass is 33.1. The molecule has 0 radical (unpaired) electrons. The summed E-state index contributed by atoms with van der Waals surface area (Å²) in [5, 5.41) is 87.5. The van der Waals surface area contributed by atoms with Gasteiger partial charge in [-0.1, -0.05) is 98.4 Å². The van der Waals surface area contributed by atoms with Crippen LogP contribution in [0.15, 0.2) is 48.6 Å². The number of hydrogen-bond donors (Lipinski definition) is 11. The van der Waals surface area contributed by atoms with Crippen molar-refractivity contribution in [3.05, 3.63) is 70.9 Å². The fourth-order valence-electron chi connectivity index (χ4n) is 17.6. The number of aliphatic hydroxyl groups is 7. The molecule has 25 heteroatoms. The number of aliphatic hydroxyl groups excluding tert-OH is 5. The van der Waals surface area contributed by atoms with Gasteiger partial charge in [-0.05, 0) is 107 Å². The van der Waals surface area contributed by atoms with E-state index in [1.165, 1.54) is 32.5 Å². The molecule has 6 aliphatic heterocycles. The molecule has 11 N–H and O–H groups in total. The monoisotopic (exact) mass is 1380 g/mol. The molecule has 532 valence electrons. The molecule has 16 atom stereocenters. The zero-order valence-corrected chi connectivity index (χ0v) is 58.5. The third kappa shape index (κ3) is 14.7. The van der Waals surface area contributed by atoms with Gasteiger partial charge in [0, 0.05) is 133 Å². The number of anilines is 1. The van der Waals surface area contributed by atoms with Gasteiger partial charge < -0.3 is 80.5 Å². The fraction of sp³-hybridized carbons (Fsp3) is 0.704. The summed E-state index contributed by atoms with van der Waals surface area (Å²) in [4.78, 5) is 78.3. The summed E-state index contributed by atoms with van der Waals surface area (Å²) in [5.74, 6) is 0.398. The lowest BCUT2D eigenvalue weighted by Crippen LogP contribution is -2.81. The second-order valence-electron chi connectivity index (χ2n) is 28.3. The van der Waals surface area contributed by atoms with Gasteiger partial charge in [0.1, 0.15) is 48.9 Å². The van der Waals surface area contributed by atoms with Gasteiger partial charge in [-0.15, -0.1) is 0 Å². The van der Waals surface area contributed by atoms with Gasteiger partial charge in [-0.2, -0.15) is 0 Å². The molecule has 96 heavy (non-hydrogen) atoms. The summed E-state index contributed by atoms with van der Waals surface area (Å²) in [6.07, 6.45) is 5.45. The van der Waals surface area contributed by atoms with Crippen LogP contribution in [0.5, 0.6) is 5.75 Å². The van der Waals surface area contributed by atoms with E-state index in [1.807, 2.05) is 37.9 Å². The van der Waals surface area contributed by atoms with E-state index < -0.39 is 101 Å². The van der Waals surface area contributed by atoms with Gasteiger partial charge in [0.15, 0.2) is 23.5 Å². The molecule has 3 aromatic rings. The van der Waals surface area contributed by atoms with Crippen LogP contribution in [0.2, 0.25) is 0 Å². The van der Waals surface area contributed by atoms with Gasteiger partial charge in [-0.3, -0.25) is 29.0 Å². The molecule has 1 aliphatic carbocycles. The van der Waals surface area contributed by atoms with Crippen LogP contribution in [-0.2, 0) is 50.6 Å². The lowest BCUT2D eigenvalue weighted by molar-refractivity contribution is -0.301. The number of hydrogen-bond acceptors (Lipinski definition) is 21. The topological polar surface area (TPSA) is 325 Å². The summed E-state index contributed by atoms with van der Waals surface area (Å²) in [7, 11) is 6.53. The zero-order chi connectivity index (χ0) is 68.7. The molecule has 4 fully saturated rings. The number of para-hydroxylation sites is 1. The molecule has 2 bridgehead atoms. The number of likely N-dealkylation sites (N-methyl/N-ethyl adjacent to an activating group) is 1. The largest absolute Gasteiger partial charge is 0.496 e. The van der Waals surface area contributed by atoms with Crippen molar-refractivity contribution in [3.8, 4) is 5.75 Å². The summed E-state index contributed by atoms with van der Waals surface area (Å²) in [6.45, 7) is 11.0. The first-order valence-corrected chi connectivity index (χ1v) is 37.6. The predicted octanol–water partition coefficient (Wildman–Crippen LogP) is 5.07. The van der Waals surface area contributed by atoms with E-state index in [2.05, 4.69) is 81.0 Å². The number of alkyl carbamates (subject to hydrolysis) is 1. The van der Waals surface area contributed by atoms with Crippen molar-refractivity contribution in [1.29, 1.82) is 0 Å². The summed E-state index contributed by atoms with van der Waals surface area (Å²) in [5.41, 5.74) is 0.433. The number of methoxy groups -OCH3 is 1. The van der Waals surface area contributed by atoms with Crippen molar-refractivity contribution in [3.63, 3.8) is 0 Å². The van der Waals surface area contributed by atoms with Gasteiger partial charge in [0.2, 0.25) is 11.8 Å². The van der Waals surface area contributed by atoms with Gasteiger partial charge >= 0.3 is 6.09 Å². The summed E-state index contributed by atoms with van der Waals surface area (Å²) in [6, 6.07) is 10.7. The molecule has 7 heterocycles. The number of ketones is 2. The third-order valence-corrected chi connectivity index (χ3v) is 24.7. The minimum atomic E-state index is -2.38. The Hall–Kier alpha value is -4.87. The SMILES string of the molecule is CCCC(=O)N[C@@H](CNC(=O)CCCCCCCCOC1OC(CO)C(O)[C@H](O)[C@H]1O)C(=O)CCCSSCCOC(=O)NCC(=O)[C@@]1(O)[C@H](O)[C@]2(CC)C=CCN3CC[C@@]4(c5cc([C@@]6(C)C[C@@H]7CN(CCc8c6[nH]c6ccccc86)C[C@](O)(CC)C7)c(OC)cc5N(C)[C@@H]14)[C@@H]32. The second kappa shape index (κ2) is 31.8. The van der Waals surface area contributed by atoms with Crippen LogP contribution in [0.3, 0.4) is 0 Å². The minimum absolute atomic E-state index is 0.00787. The fourth-order valence-corrected chi connectivity index (χ4v) is 19.5. The van der Waals surface area contributed by atoms with Crippen molar-refractivity contribution in [1.82, 2.24) is 30.7 Å². The smallest absolute Gasteiger partial charge is 0.407 e. The Morgan fingerprint density at radius 3 is 2.34 bits per heavy atom. The molecule has 1 spiro atoms. The molecule has 23 nitrogen and oxygen atoms in total. The number of carbonyl (C=O) groups is 5. The number of nitrogens with zero attached hydrogens (tertiary/aromatic N) is 3. The normalized spacial score (nSPS) is 32.4. The van der Waals surface area contributed by atoms with Gasteiger partial charge in [0.05, 0.1) is 31.9 Å². The second-order valence-corrected chi connectivity index (χ2v) is 31.0. The van der Waals surface area contributed by atoms with E-state index in [0.717, 1.165) is 79.6 Å². The van der Waals surface area contributed by atoms with Crippen LogP contribution in [0, 0.1) is 11.3 Å². The lowest BCUT2D eigenvalue weighted by Gasteiger charge is -2.63. The van der Waals surface area contributed by atoms with E-state index >= 15 is 4.79 Å². The Bertz CT molecular complexity index is 3250. The maximum Gasteiger partial charge on any atom is 0.407 e. The predicted molar refractivity (Wildman–Crippen MR) is 368 cm³/mol. The molecule has 3 amide bonds. The minimum Gasteiger partial charge on any atom is -0.496 e. The number of aromatic nitrogens is 1. The quantitative estimate of drug-likeness (QED) is 0.0221. The molecule has 7 aliphatic rings. The van der Waals surface area contributed by atoms with Crippen LogP contribution in [0.25, 0.3) is 10.9 Å². The average molecular weight is 1380 g/mol. The van der Waals surface area contributed by atoms with E-state index in [4.69, 9.17) is 18.9 Å². The van der Waals surface area contributed by atoms with Crippen LogP contribution < -0.4 is 25.6 Å². The van der Waals surface area contributed by atoms with Crippen LogP contribution in [0.4, 0.5) is 10.5 Å². The molecule has 1 aromatic heterocycles. The number of aromatic amines is 1. The van der Waals surface area contributed by atoms with E-state index in [0.29, 0.717) is 88.3 Å². The number of ether oxygens (including phenoxy) is 4. The molecular formula is C71H105N7O16S2. The number of carbonyl (C=O) groups excluding carboxylic acids is 5. The number of fused-ring (bicyclic) bond motifs is 6. The Morgan fingerprint density at radius 2 is 1.59 bits per heavy atom. The van der Waals surface area contributed by atoms with Crippen LogP contribution in [-0.4, -0.2) is 237 Å². The number of benzene rings is 2. The van der Waals surface area contributed by atoms with Crippen molar-refractivity contribution >= 4 is 67.7 Å². The molecule has 10 rings (SSSR count). The average Bonchev–Trinajstić information content (AvgIpc) is 1.45. The van der Waals surface area contributed by atoms with E-state index in [1.54, 1.807) is 7.11 Å². The maximum atomic E-state index is 15.2. The first-order chi connectivity index (χ1) is 46.1. The van der Waals surface area contributed by atoms with Gasteiger partial charge in [-0.25, -0.2) is 4.79 Å². The van der Waals surface area contributed by atoms with E-state index in [-0.39, 0.29) is 68.6 Å². The number of Topliss-reactive ketones (excluding diaryl/α,β-unsaturated/α-hetero) is 2. The highest BCUT2D eigenvalue weighted by molar-refractivity contribution is 8.76. The van der Waals surface area contributed by atoms with Crippen molar-refractivity contribution < 1.29 is 78.7 Å². The third-order valence-electron chi connectivity index (χ3n) is 22.3. The first-order valence-electron chi connectivity index (χ1n) is 35.1. The molecule has 1 saturated carbocycles. The summed E-state index contributed by atoms with van der Waals surface area (Å²) >= 11 is 0. The van der Waals surface area contributed by atoms with E-state index in [9.17, 15) is 54.9 Å². The van der Waals surface area contributed by atoms with Crippen molar-refractivity contribution in [2.24, 2.45) is 11.3 Å². The Balaban J connectivity index is 0.719. The zero-order valence-electron chi connectivity index (χ0n) is 56.9. The number of nitrogens with one attached hydrogen (secondary N) is 4. The number of H-pyrrole nitrogens is 1. The number of amides is 3. The van der Waals surface area contributed by atoms with Gasteiger partial charge in [0.25, 0.3) is 0 Å². The summed E-state index contributed by atoms with van der Waals surface area (Å²) < 4.78 is 23.0. The molecule has 4 unspecified atom stereocenters. The number of rotatable bonds is 32. The number of unbranched alkanes of at least 4 members (excludes halogenated alkanes) is 5. The maximum absolute atomic E-state index is 15.2. The molecule has 3 saturated heterocycles. The standard InChI is InChI=1S/C71H105N7O16S2/c1-7-20-57(83)74-50(39-72-56(82)24-14-12-10-11-13-17-31-92-62-60(86)59(85)58(84)54(42-79)94-62)52(80)23-18-33-95-96-34-32-93-66(88)73-40-55(81)71(90)64-70(27-30-78-28-19-26-69(9-3,63(70)78)65(71)87)47-35-48(53(91-6)36-51(47)76(64)5)67(4)37-44-38-68(89,8-2)43-77(41-44)29-25-46-45-21-15-16-22-49(45)75-61(46)67/h15-16,19,21-22,26,35-36,44,50,54,58-60,62-65,75,79,84-87,89-90H,7-14,17-18,20,23-25,27-34,37-43H2,1-6H3,(H,72,82)(H,73,88)(H,74,83)/t44-,50-,54?,58?,59-,60+,62?,63-,64+,65+,67+,68-,69+,70+,71-/m0/s1. The highest BCUT2D eigenvalue weighted by Crippen LogP contribution is 2.68. The molecular weight excluding hydrogens is 1270 g/mol. The van der Waals surface area contributed by atoms with Crippen LogP contribution in [0.1, 0.15) is 153 Å². The highest BCUT2D eigenvalue weighted by Gasteiger charge is 2.78. The first kappa shape index (κ1) is 73.8. The van der Waals surface area contributed by atoms with Crippen molar-refractivity contribution in [2.75, 3.05) is 96.2 Å². The van der Waals surface area contributed by atoms with Crippen LogP contribution >= 0.6 is 21.6 Å². The Morgan fingerprint density at radius 1 is 0.833 bits per heavy atom.